The number of aromatic nitrogens is 2. The van der Waals surface area contributed by atoms with Crippen LogP contribution in [0.15, 0.2) is 60.9 Å². The Kier molecular flexibility index (Phi) is 9.82. The highest BCUT2D eigenvalue weighted by atomic mass is 35.5. The van der Waals surface area contributed by atoms with E-state index in [1.165, 1.54) is 5.56 Å². The maximum absolute atomic E-state index is 13.0. The molecule has 9 nitrogen and oxygen atoms in total. The first kappa shape index (κ1) is 30.8. The van der Waals surface area contributed by atoms with Gasteiger partial charge in [-0.1, -0.05) is 23.7 Å². The van der Waals surface area contributed by atoms with Gasteiger partial charge in [0.1, 0.15) is 11.4 Å². The molecule has 0 saturated carbocycles. The molecule has 0 spiro atoms. The highest BCUT2D eigenvalue weighted by Gasteiger charge is 2.25. The number of alkyl carbamates (subject to hydrolysis) is 1. The summed E-state index contributed by atoms with van der Waals surface area (Å²) in [6.07, 6.45) is 6.84. The molecule has 2 saturated heterocycles. The molecule has 43 heavy (non-hydrogen) atoms. The number of carbonyl (C=O) groups is 2. The molecule has 228 valence electrons. The minimum absolute atomic E-state index is 0.0864. The fraction of sp³-hybridized carbons (Fsp3) is 0.455. The van der Waals surface area contributed by atoms with Gasteiger partial charge in [0.2, 0.25) is 0 Å². The fourth-order valence-electron chi connectivity index (χ4n) is 5.57. The van der Waals surface area contributed by atoms with E-state index < -0.39 is 5.60 Å². The summed E-state index contributed by atoms with van der Waals surface area (Å²) in [6.45, 7) is 9.94. The molecule has 1 aromatic carbocycles. The number of piperidine rings is 2. The predicted octanol–water partition coefficient (Wildman–Crippen LogP) is 5.68. The van der Waals surface area contributed by atoms with Gasteiger partial charge in [-0.3, -0.25) is 14.7 Å². The molecule has 2 aliphatic heterocycles. The van der Waals surface area contributed by atoms with Gasteiger partial charge in [0.05, 0.1) is 10.7 Å². The van der Waals surface area contributed by atoms with E-state index in [0.29, 0.717) is 10.6 Å². The molecule has 2 aromatic heterocycles. The lowest BCUT2D eigenvalue weighted by Crippen LogP contribution is -2.46. The van der Waals surface area contributed by atoms with Gasteiger partial charge >= 0.3 is 6.09 Å². The molecule has 0 bridgehead atoms. The molecule has 2 aliphatic rings. The smallest absolute Gasteiger partial charge is 0.407 e. The van der Waals surface area contributed by atoms with Crippen molar-refractivity contribution in [3.63, 3.8) is 0 Å². The molecule has 2 amide bonds. The Morgan fingerprint density at radius 3 is 2.30 bits per heavy atom. The Labute approximate surface area is 259 Å². The normalized spacial score (nSPS) is 17.0. The topological polar surface area (TPSA) is 99.7 Å². The summed E-state index contributed by atoms with van der Waals surface area (Å²) in [6, 6.07) is 15.5. The maximum Gasteiger partial charge on any atom is 0.407 e. The first-order valence-electron chi connectivity index (χ1n) is 15.1. The number of rotatable bonds is 7. The number of nitrogens with zero attached hydrogens (tertiary/aromatic N) is 4. The predicted molar refractivity (Wildman–Crippen MR) is 169 cm³/mol. The Morgan fingerprint density at radius 2 is 1.65 bits per heavy atom. The van der Waals surface area contributed by atoms with Gasteiger partial charge < -0.3 is 20.3 Å². The van der Waals surface area contributed by atoms with Crippen LogP contribution >= 0.6 is 11.6 Å². The lowest BCUT2D eigenvalue weighted by atomic mass is 10.0. The van der Waals surface area contributed by atoms with E-state index in [-0.39, 0.29) is 24.1 Å². The summed E-state index contributed by atoms with van der Waals surface area (Å²) < 4.78 is 5.39. The van der Waals surface area contributed by atoms with Crippen LogP contribution in [0.25, 0.3) is 11.3 Å². The van der Waals surface area contributed by atoms with E-state index in [9.17, 15) is 9.59 Å². The van der Waals surface area contributed by atoms with Gasteiger partial charge in [0.25, 0.3) is 5.91 Å². The van der Waals surface area contributed by atoms with E-state index >= 15 is 0 Å². The number of ether oxygens (including phenoxy) is 1. The third-order valence-electron chi connectivity index (χ3n) is 7.85. The van der Waals surface area contributed by atoms with Gasteiger partial charge in [-0.15, -0.1) is 0 Å². The highest BCUT2D eigenvalue weighted by molar-refractivity contribution is 6.33. The molecule has 0 aliphatic carbocycles. The van der Waals surface area contributed by atoms with Gasteiger partial charge in [0, 0.05) is 68.3 Å². The lowest BCUT2D eigenvalue weighted by molar-refractivity contribution is 0.0497. The lowest BCUT2D eigenvalue weighted by Gasteiger charge is -2.34. The highest BCUT2D eigenvalue weighted by Crippen LogP contribution is 2.27. The van der Waals surface area contributed by atoms with Crippen LogP contribution in [0.1, 0.15) is 62.4 Å². The van der Waals surface area contributed by atoms with Crippen LogP contribution in [-0.2, 0) is 11.3 Å². The van der Waals surface area contributed by atoms with E-state index in [2.05, 4.69) is 37.6 Å². The Hall–Kier alpha value is -3.69. The molecule has 0 atom stereocenters. The molecule has 0 unspecified atom stereocenters. The zero-order valence-corrected chi connectivity index (χ0v) is 25.9. The summed E-state index contributed by atoms with van der Waals surface area (Å²) in [7, 11) is 0. The Bertz CT molecular complexity index is 1380. The molecular formula is C33H41ClN6O3. The zero-order valence-electron chi connectivity index (χ0n) is 25.2. The average molecular weight is 605 g/mol. The summed E-state index contributed by atoms with van der Waals surface area (Å²) in [5, 5.41) is 6.77. The number of benzene rings is 1. The van der Waals surface area contributed by atoms with Crippen LogP contribution in [-0.4, -0.2) is 70.7 Å². The zero-order chi connectivity index (χ0) is 30.4. The van der Waals surface area contributed by atoms with Gasteiger partial charge in [0.15, 0.2) is 0 Å². The molecule has 10 heteroatoms. The first-order valence-corrected chi connectivity index (χ1v) is 15.4. The van der Waals surface area contributed by atoms with Crippen molar-refractivity contribution < 1.29 is 14.3 Å². The molecule has 5 rings (SSSR count). The number of halogens is 1. The molecule has 0 radical (unpaired) electrons. The van der Waals surface area contributed by atoms with Crippen LogP contribution in [0.5, 0.6) is 0 Å². The number of hydrogen-bond acceptors (Lipinski definition) is 7. The number of pyridine rings is 2. The molecule has 2 N–H and O–H groups in total. The van der Waals surface area contributed by atoms with Crippen molar-refractivity contribution in [3.05, 3.63) is 77.1 Å². The van der Waals surface area contributed by atoms with Crippen molar-refractivity contribution in [3.8, 4) is 11.3 Å². The van der Waals surface area contributed by atoms with E-state index in [0.717, 1.165) is 75.5 Å². The van der Waals surface area contributed by atoms with Crippen LogP contribution in [0.2, 0.25) is 5.02 Å². The van der Waals surface area contributed by atoms with E-state index in [4.69, 9.17) is 21.3 Å². The number of anilines is 1. The quantitative estimate of drug-likeness (QED) is 0.358. The van der Waals surface area contributed by atoms with Crippen LogP contribution < -0.4 is 15.5 Å². The van der Waals surface area contributed by atoms with Crippen LogP contribution in [0.3, 0.4) is 0 Å². The van der Waals surface area contributed by atoms with Crippen molar-refractivity contribution in [2.45, 2.75) is 70.7 Å². The van der Waals surface area contributed by atoms with E-state index in [1.807, 2.05) is 51.2 Å². The van der Waals surface area contributed by atoms with Crippen molar-refractivity contribution in [1.82, 2.24) is 25.5 Å². The standard InChI is InChI=1S/C33H41ClN6O3/c1-33(2,3)43-32(42)38-26-13-18-40(19-14-26)30-10-7-23(21-36-30)22-39-16-11-25(12-17-39)37-31(41)24-8-9-28(34)27(20-24)29-6-4-5-15-35-29/h4-10,15,20-21,25-26H,11-14,16-19,22H2,1-3H3,(H,37,41)(H,38,42). The Morgan fingerprint density at radius 1 is 0.930 bits per heavy atom. The summed E-state index contributed by atoms with van der Waals surface area (Å²) in [5.74, 6) is 0.881. The minimum Gasteiger partial charge on any atom is -0.444 e. The Balaban J connectivity index is 1.05. The van der Waals surface area contributed by atoms with Crippen molar-refractivity contribution >= 4 is 29.4 Å². The number of carbonyl (C=O) groups excluding carboxylic acids is 2. The van der Waals surface area contributed by atoms with Crippen LogP contribution in [0.4, 0.5) is 10.6 Å². The third-order valence-corrected chi connectivity index (χ3v) is 8.18. The maximum atomic E-state index is 13.0. The molecule has 4 heterocycles. The average Bonchev–Trinajstić information content (AvgIpc) is 2.99. The molecular weight excluding hydrogens is 564 g/mol. The summed E-state index contributed by atoms with van der Waals surface area (Å²) in [4.78, 5) is 38.9. The summed E-state index contributed by atoms with van der Waals surface area (Å²) >= 11 is 6.39. The van der Waals surface area contributed by atoms with Crippen molar-refractivity contribution in [1.29, 1.82) is 0 Å². The van der Waals surface area contributed by atoms with E-state index in [1.54, 1.807) is 18.3 Å². The number of amides is 2. The monoisotopic (exact) mass is 604 g/mol. The number of likely N-dealkylation sites (tertiary alicyclic amines) is 1. The second-order valence-electron chi connectivity index (χ2n) is 12.4. The number of nitrogens with one attached hydrogen (secondary N) is 2. The number of hydrogen-bond donors (Lipinski definition) is 2. The third kappa shape index (κ3) is 8.67. The SMILES string of the molecule is CC(C)(C)OC(=O)NC1CCN(c2ccc(CN3CCC(NC(=O)c4ccc(Cl)c(-c5ccccn5)c4)CC3)cn2)CC1. The minimum atomic E-state index is -0.494. The van der Waals surface area contributed by atoms with Gasteiger partial charge in [-0.2, -0.15) is 0 Å². The van der Waals surface area contributed by atoms with Crippen LogP contribution in [0, 0.1) is 0 Å². The molecule has 3 aromatic rings. The van der Waals surface area contributed by atoms with Crippen molar-refractivity contribution in [2.24, 2.45) is 0 Å². The van der Waals surface area contributed by atoms with Gasteiger partial charge in [-0.25, -0.2) is 9.78 Å². The largest absolute Gasteiger partial charge is 0.444 e. The second kappa shape index (κ2) is 13.7. The second-order valence-corrected chi connectivity index (χ2v) is 12.8. The summed E-state index contributed by atoms with van der Waals surface area (Å²) in [5.41, 5.74) is 2.77. The molecule has 2 fully saturated rings. The van der Waals surface area contributed by atoms with Crippen molar-refractivity contribution in [2.75, 3.05) is 31.1 Å². The van der Waals surface area contributed by atoms with Gasteiger partial charge in [-0.05, 0) is 88.4 Å². The fourth-order valence-corrected chi connectivity index (χ4v) is 5.79. The first-order chi connectivity index (χ1) is 20.6.